The first-order valence-electron chi connectivity index (χ1n) is 6.52. The monoisotopic (exact) mass is 322 g/mol. The van der Waals surface area contributed by atoms with E-state index in [2.05, 4.69) is 18.7 Å². The molecule has 0 saturated carbocycles. The summed E-state index contributed by atoms with van der Waals surface area (Å²) < 4.78 is 20.2. The van der Waals surface area contributed by atoms with Crippen molar-refractivity contribution in [2.24, 2.45) is 4.40 Å². The van der Waals surface area contributed by atoms with Gasteiger partial charge in [-0.05, 0) is 58.3 Å². The van der Waals surface area contributed by atoms with Crippen LogP contribution in [-0.2, 0) is 11.4 Å². The largest absolute Gasteiger partial charge is 0.591 e. The zero-order valence-electron chi connectivity index (χ0n) is 12.7. The maximum absolute atomic E-state index is 12.0. The second kappa shape index (κ2) is 6.21. The number of aromatic nitrogens is 3. The lowest BCUT2D eigenvalue weighted by Gasteiger charge is -2.18. The molecule has 0 spiro atoms. The van der Waals surface area contributed by atoms with Crippen LogP contribution in [0, 0.1) is 6.92 Å². The minimum atomic E-state index is -1.29. The fourth-order valence-electron chi connectivity index (χ4n) is 1.47. The zero-order valence-corrected chi connectivity index (χ0v) is 14.4. The zero-order chi connectivity index (χ0) is 15.6. The Morgan fingerprint density at radius 1 is 1.38 bits per heavy atom. The molecule has 0 amide bonds. The van der Waals surface area contributed by atoms with Gasteiger partial charge in [0, 0.05) is 17.5 Å². The molecule has 5 nitrogen and oxygen atoms in total. The summed E-state index contributed by atoms with van der Waals surface area (Å²) in [6, 6.07) is 3.81. The van der Waals surface area contributed by atoms with Crippen molar-refractivity contribution in [3.63, 3.8) is 0 Å². The first kappa shape index (κ1) is 16.1. The van der Waals surface area contributed by atoms with Crippen LogP contribution in [0.2, 0.25) is 0 Å². The first-order valence-corrected chi connectivity index (χ1v) is 8.40. The molecule has 0 bridgehead atoms. The Bertz CT molecular complexity index is 661. The summed E-state index contributed by atoms with van der Waals surface area (Å²) in [6.07, 6.45) is 1.74. The van der Waals surface area contributed by atoms with E-state index in [1.54, 1.807) is 6.20 Å². The minimum Gasteiger partial charge on any atom is -0.591 e. The molecule has 2 rings (SSSR count). The van der Waals surface area contributed by atoms with E-state index in [0.717, 1.165) is 11.3 Å². The highest BCUT2D eigenvalue weighted by molar-refractivity contribution is 7.91. The van der Waals surface area contributed by atoms with Crippen LogP contribution < -0.4 is 0 Å². The molecular weight excluding hydrogens is 304 g/mol. The lowest BCUT2D eigenvalue weighted by Crippen LogP contribution is -2.26. The highest BCUT2D eigenvalue weighted by atomic mass is 32.2. The topological polar surface area (TPSA) is 74.1 Å². The third kappa shape index (κ3) is 4.09. The molecule has 0 N–H and O–H groups in total. The van der Waals surface area contributed by atoms with Crippen molar-refractivity contribution >= 4 is 28.6 Å². The highest BCUT2D eigenvalue weighted by Crippen LogP contribution is 2.21. The van der Waals surface area contributed by atoms with Gasteiger partial charge in [0.1, 0.15) is 21.8 Å². The minimum absolute atomic E-state index is 0.378. The molecule has 0 fully saturated rings. The Balaban J connectivity index is 2.26. The molecule has 1 atom stereocenters. The molecule has 0 radical (unpaired) electrons. The third-order valence-electron chi connectivity index (χ3n) is 2.63. The van der Waals surface area contributed by atoms with E-state index in [4.69, 9.17) is 0 Å². The predicted octanol–water partition coefficient (Wildman–Crippen LogP) is 3.18. The van der Waals surface area contributed by atoms with Crippen molar-refractivity contribution in [3.05, 3.63) is 29.0 Å². The van der Waals surface area contributed by atoms with Gasteiger partial charge in [0.15, 0.2) is 10.8 Å². The Morgan fingerprint density at radius 2 is 2.10 bits per heavy atom. The molecule has 112 valence electrons. The molecule has 2 aromatic rings. The molecule has 7 heteroatoms. The molecule has 0 aliphatic rings. The van der Waals surface area contributed by atoms with Crippen LogP contribution >= 0.6 is 11.5 Å². The van der Waals surface area contributed by atoms with Gasteiger partial charge in [-0.2, -0.15) is 4.37 Å². The quantitative estimate of drug-likeness (QED) is 0.642. The smallest absolute Gasteiger partial charge is 0.173 e. The molecule has 2 aromatic heterocycles. The Morgan fingerprint density at radius 3 is 2.71 bits per heavy atom. The summed E-state index contributed by atoms with van der Waals surface area (Å²) in [4.78, 5) is 8.63. The average Bonchev–Trinajstić information content (AvgIpc) is 2.87. The van der Waals surface area contributed by atoms with Crippen LogP contribution in [0.1, 0.15) is 38.4 Å². The van der Waals surface area contributed by atoms with Gasteiger partial charge in [0.05, 0.1) is 0 Å². The first-order chi connectivity index (χ1) is 9.77. The number of rotatable bonds is 3. The van der Waals surface area contributed by atoms with E-state index in [1.807, 2.05) is 46.8 Å². The predicted molar refractivity (Wildman–Crippen MR) is 88.0 cm³/mol. The SMILES string of the molecule is CC(=N[S@+]([O-])C(C)(C)C)c1nc(-c2ccnc(C)c2)ns1. The summed E-state index contributed by atoms with van der Waals surface area (Å²) in [5.41, 5.74) is 2.50. The molecule has 0 aliphatic carbocycles. The van der Waals surface area contributed by atoms with E-state index >= 15 is 0 Å². The summed E-state index contributed by atoms with van der Waals surface area (Å²) in [5, 5.41) is 0.692. The van der Waals surface area contributed by atoms with Crippen molar-refractivity contribution in [2.45, 2.75) is 39.4 Å². The second-order valence-corrected chi connectivity index (χ2v) is 8.30. The summed E-state index contributed by atoms with van der Waals surface area (Å²) in [5.74, 6) is 0.650. The van der Waals surface area contributed by atoms with Crippen molar-refractivity contribution in [2.75, 3.05) is 0 Å². The normalized spacial score (nSPS) is 14.3. The van der Waals surface area contributed by atoms with Crippen LogP contribution in [0.25, 0.3) is 11.4 Å². The van der Waals surface area contributed by atoms with Gasteiger partial charge < -0.3 is 4.55 Å². The lowest BCUT2D eigenvalue weighted by molar-refractivity contribution is 0.561. The Hall–Kier alpha value is -1.31. The third-order valence-corrected chi connectivity index (χ3v) is 4.95. The number of aryl methyl sites for hydroxylation is 1. The maximum Gasteiger partial charge on any atom is 0.173 e. The average molecular weight is 322 g/mol. The van der Waals surface area contributed by atoms with E-state index in [-0.39, 0.29) is 4.75 Å². The van der Waals surface area contributed by atoms with Gasteiger partial charge in [0.25, 0.3) is 0 Å². The van der Waals surface area contributed by atoms with E-state index in [0.29, 0.717) is 16.5 Å². The van der Waals surface area contributed by atoms with Crippen LogP contribution in [0.3, 0.4) is 0 Å². The van der Waals surface area contributed by atoms with Gasteiger partial charge in [0.2, 0.25) is 0 Å². The van der Waals surface area contributed by atoms with Crippen LogP contribution in [0.5, 0.6) is 0 Å². The van der Waals surface area contributed by atoms with Crippen LogP contribution in [-0.4, -0.2) is 29.4 Å². The Labute approximate surface area is 132 Å². The van der Waals surface area contributed by atoms with Gasteiger partial charge >= 0.3 is 0 Å². The van der Waals surface area contributed by atoms with Crippen molar-refractivity contribution in [1.29, 1.82) is 0 Å². The van der Waals surface area contributed by atoms with E-state index in [1.165, 1.54) is 11.5 Å². The van der Waals surface area contributed by atoms with Gasteiger partial charge in [-0.25, -0.2) is 4.98 Å². The lowest BCUT2D eigenvalue weighted by atomic mass is 10.2. The molecule has 0 aromatic carbocycles. The van der Waals surface area contributed by atoms with Gasteiger partial charge in [-0.15, -0.1) is 0 Å². The molecule has 2 heterocycles. The molecule has 0 saturated heterocycles. The number of nitrogens with zero attached hydrogens (tertiary/aromatic N) is 4. The summed E-state index contributed by atoms with van der Waals surface area (Å²) in [7, 11) is 0. The van der Waals surface area contributed by atoms with E-state index in [9.17, 15) is 4.55 Å². The number of pyridine rings is 1. The van der Waals surface area contributed by atoms with Gasteiger partial charge in [-0.3, -0.25) is 4.98 Å². The fourth-order valence-corrected chi connectivity index (χ4v) is 2.76. The van der Waals surface area contributed by atoms with Crippen LogP contribution in [0.4, 0.5) is 0 Å². The molecule has 0 unspecified atom stereocenters. The molecule has 0 aliphatic heterocycles. The molecular formula is C14H18N4OS2. The summed E-state index contributed by atoms with van der Waals surface area (Å²) in [6.45, 7) is 9.42. The van der Waals surface area contributed by atoms with Crippen molar-refractivity contribution < 1.29 is 4.55 Å². The second-order valence-electron chi connectivity index (χ2n) is 5.65. The maximum atomic E-state index is 12.0. The highest BCUT2D eigenvalue weighted by Gasteiger charge is 2.27. The van der Waals surface area contributed by atoms with Crippen LogP contribution in [0.15, 0.2) is 22.7 Å². The molecule has 21 heavy (non-hydrogen) atoms. The van der Waals surface area contributed by atoms with E-state index < -0.39 is 11.4 Å². The number of hydrogen-bond donors (Lipinski definition) is 0. The van der Waals surface area contributed by atoms with Gasteiger partial charge in [-0.1, -0.05) is 4.40 Å². The summed E-state index contributed by atoms with van der Waals surface area (Å²) >= 11 is -0.0257. The van der Waals surface area contributed by atoms with Crippen molar-refractivity contribution in [3.8, 4) is 11.4 Å². The fraction of sp³-hybridized carbons (Fsp3) is 0.429. The van der Waals surface area contributed by atoms with Crippen molar-refractivity contribution in [1.82, 2.24) is 14.3 Å². The Kier molecular flexibility index (Phi) is 4.75. The number of hydrogen-bond acceptors (Lipinski definition) is 6. The standard InChI is InChI=1S/C14H18N4OS2/c1-9-8-11(6-7-15-9)12-16-13(20-17-12)10(2)18-21(19)14(3,4)5/h6-8H,1-5H3/t21-/m1/s1.